The zero-order valence-corrected chi connectivity index (χ0v) is 18.1. The first kappa shape index (κ1) is 20.4. The molecule has 0 aliphatic heterocycles. The van der Waals surface area contributed by atoms with E-state index >= 15 is 0 Å². The number of unbranched alkanes of at least 4 members (excludes halogenated alkanes) is 1. The molecule has 0 saturated carbocycles. The summed E-state index contributed by atoms with van der Waals surface area (Å²) in [7, 11) is -1.52. The quantitative estimate of drug-likeness (QED) is 0.441. The van der Waals surface area contributed by atoms with E-state index in [2.05, 4.69) is 66.6 Å². The lowest BCUT2D eigenvalue weighted by atomic mass is 10.1. The molecule has 1 rings (SSSR count). The van der Waals surface area contributed by atoms with E-state index in [0.717, 1.165) is 19.1 Å². The van der Waals surface area contributed by atoms with E-state index < -0.39 is 8.32 Å². The Kier molecular flexibility index (Phi) is 9.48. The fraction of sp³-hybridized carbons (Fsp3) is 0.765. The fourth-order valence-corrected chi connectivity index (χ4v) is 5.76. The number of thiophene rings is 1. The number of rotatable bonds is 11. The van der Waals surface area contributed by atoms with E-state index in [1.54, 1.807) is 0 Å². The van der Waals surface area contributed by atoms with E-state index in [1.807, 2.05) is 11.3 Å². The minimum absolute atomic E-state index is 0.323. The van der Waals surface area contributed by atoms with Gasteiger partial charge in [-0.3, -0.25) is 0 Å². The maximum Gasteiger partial charge on any atom is 0.186 e. The average Bonchev–Trinajstić information content (AvgIpc) is 2.86. The number of hydrogen-bond donors (Lipinski definition) is 1. The molecule has 2 nitrogen and oxygen atoms in total. The highest BCUT2D eigenvalue weighted by Crippen LogP contribution is 2.27. The highest BCUT2D eigenvalue weighted by Gasteiger charge is 2.24. The molecule has 1 unspecified atom stereocenters. The van der Waals surface area contributed by atoms with Gasteiger partial charge in [-0.1, -0.05) is 33.6 Å². The Bertz CT molecular complexity index is 423. The van der Waals surface area contributed by atoms with E-state index in [9.17, 15) is 0 Å². The molecule has 0 radical (unpaired) electrons. The summed E-state index contributed by atoms with van der Waals surface area (Å²) in [6, 6.07) is 3.81. The van der Waals surface area contributed by atoms with Crippen molar-refractivity contribution in [1.82, 2.24) is 5.32 Å². The second-order valence-corrected chi connectivity index (χ2v) is 13.2. The Morgan fingerprint density at radius 1 is 1.36 bits per heavy atom. The third-order valence-corrected chi connectivity index (χ3v) is 8.13. The van der Waals surface area contributed by atoms with Crippen LogP contribution in [-0.2, 0) is 4.43 Å². The van der Waals surface area contributed by atoms with Crippen molar-refractivity contribution in [3.05, 3.63) is 20.8 Å². The van der Waals surface area contributed by atoms with Gasteiger partial charge in [-0.25, -0.2) is 0 Å². The predicted octanol–water partition coefficient (Wildman–Crippen LogP) is 6.21. The Morgan fingerprint density at radius 2 is 2.09 bits per heavy atom. The van der Waals surface area contributed by atoms with Gasteiger partial charge in [0.15, 0.2) is 8.32 Å². The molecule has 0 spiro atoms. The van der Waals surface area contributed by atoms with Gasteiger partial charge in [-0.05, 0) is 60.0 Å². The monoisotopic (exact) mass is 405 g/mol. The summed E-state index contributed by atoms with van der Waals surface area (Å²) in [6.45, 7) is 13.3. The first-order valence-electron chi connectivity index (χ1n) is 8.45. The zero-order valence-electron chi connectivity index (χ0n) is 14.7. The molecule has 1 aromatic heterocycles. The lowest BCUT2D eigenvalue weighted by Gasteiger charge is -2.27. The van der Waals surface area contributed by atoms with Crippen LogP contribution >= 0.6 is 27.3 Å². The van der Waals surface area contributed by atoms with Crippen molar-refractivity contribution in [3.63, 3.8) is 0 Å². The Morgan fingerprint density at radius 3 is 2.64 bits per heavy atom. The van der Waals surface area contributed by atoms with Gasteiger partial charge in [-0.15, -0.1) is 11.3 Å². The van der Waals surface area contributed by atoms with Crippen LogP contribution in [0.5, 0.6) is 0 Å². The van der Waals surface area contributed by atoms with Crippen LogP contribution in [0.2, 0.25) is 19.1 Å². The van der Waals surface area contributed by atoms with Crippen molar-refractivity contribution in [2.24, 2.45) is 5.92 Å². The van der Waals surface area contributed by atoms with Gasteiger partial charge in [0.25, 0.3) is 0 Å². The third kappa shape index (κ3) is 8.25. The van der Waals surface area contributed by atoms with Crippen LogP contribution in [0.1, 0.15) is 51.0 Å². The molecule has 0 aliphatic carbocycles. The fourth-order valence-electron chi connectivity index (χ4n) is 2.28. The molecule has 0 saturated heterocycles. The largest absolute Gasteiger partial charge is 0.415 e. The van der Waals surface area contributed by atoms with Crippen LogP contribution < -0.4 is 5.32 Å². The van der Waals surface area contributed by atoms with Crippen molar-refractivity contribution in [2.75, 3.05) is 13.2 Å². The van der Waals surface area contributed by atoms with E-state index in [4.69, 9.17) is 4.43 Å². The molecule has 22 heavy (non-hydrogen) atoms. The van der Waals surface area contributed by atoms with Crippen LogP contribution in [0.4, 0.5) is 0 Å². The van der Waals surface area contributed by atoms with Crippen molar-refractivity contribution in [2.45, 2.75) is 65.2 Å². The minimum atomic E-state index is -1.52. The van der Waals surface area contributed by atoms with Gasteiger partial charge in [0.1, 0.15) is 0 Å². The predicted molar refractivity (Wildman–Crippen MR) is 105 cm³/mol. The summed E-state index contributed by atoms with van der Waals surface area (Å²) in [5.41, 5.74) is 0. The summed E-state index contributed by atoms with van der Waals surface area (Å²) < 4.78 is 7.55. The molecule has 128 valence electrons. The highest BCUT2D eigenvalue weighted by atomic mass is 79.9. The summed E-state index contributed by atoms with van der Waals surface area (Å²) in [5.74, 6) is 0.736. The lowest BCUT2D eigenvalue weighted by Crippen LogP contribution is -2.35. The third-order valence-electron chi connectivity index (χ3n) is 3.82. The maximum absolute atomic E-state index is 6.38. The van der Waals surface area contributed by atoms with Crippen molar-refractivity contribution < 1.29 is 4.43 Å². The second kappa shape index (κ2) is 10.2. The molecule has 0 amide bonds. The lowest BCUT2D eigenvalue weighted by molar-refractivity contribution is 0.256. The summed E-state index contributed by atoms with van der Waals surface area (Å²) in [5, 5.41) is 5.86. The maximum atomic E-state index is 6.38. The second-order valence-electron chi connectivity index (χ2n) is 7.03. The van der Waals surface area contributed by atoms with Gasteiger partial charge in [0, 0.05) is 14.7 Å². The van der Waals surface area contributed by atoms with Crippen molar-refractivity contribution in [1.29, 1.82) is 0 Å². The molecule has 0 aliphatic rings. The molecular formula is C17H32BrNOSSi. The van der Waals surface area contributed by atoms with Gasteiger partial charge in [0.05, 0.1) is 12.6 Å². The van der Waals surface area contributed by atoms with Gasteiger partial charge in [0.2, 0.25) is 0 Å². The van der Waals surface area contributed by atoms with Gasteiger partial charge in [-0.2, -0.15) is 0 Å². The molecular weight excluding hydrogens is 374 g/mol. The average molecular weight is 407 g/mol. The molecule has 5 heteroatoms. The van der Waals surface area contributed by atoms with Gasteiger partial charge < -0.3 is 9.74 Å². The summed E-state index contributed by atoms with van der Waals surface area (Å²) >= 11 is 5.38. The summed E-state index contributed by atoms with van der Waals surface area (Å²) in [6.07, 6.45) is 3.75. The number of nitrogens with one attached hydrogen (secondary N) is 1. The van der Waals surface area contributed by atoms with E-state index in [-0.39, 0.29) is 0 Å². The van der Waals surface area contributed by atoms with Crippen LogP contribution in [0.15, 0.2) is 15.9 Å². The normalized spacial score (nSPS) is 13.8. The first-order chi connectivity index (χ1) is 10.3. The topological polar surface area (TPSA) is 21.3 Å². The molecule has 0 fully saturated rings. The van der Waals surface area contributed by atoms with Crippen molar-refractivity contribution >= 4 is 35.6 Å². The number of hydrogen-bond acceptors (Lipinski definition) is 3. The van der Waals surface area contributed by atoms with E-state index in [1.165, 1.54) is 34.7 Å². The Balaban J connectivity index is 2.58. The molecule has 1 atom stereocenters. The van der Waals surface area contributed by atoms with Crippen LogP contribution in [0.25, 0.3) is 0 Å². The SMILES string of the molecule is CCCC[Si](C)(C)OCC(NCCC(C)C)c1cc(Br)cs1. The Hall–Kier alpha value is 0.317. The summed E-state index contributed by atoms with van der Waals surface area (Å²) in [4.78, 5) is 1.37. The number of halogens is 1. The van der Waals surface area contributed by atoms with E-state index in [0.29, 0.717) is 6.04 Å². The smallest absolute Gasteiger partial charge is 0.186 e. The standard InChI is InChI=1S/C17H32BrNOSSi/c1-6-7-10-22(4,5)20-12-16(19-9-8-14(2)3)17-11-15(18)13-21-17/h11,13-14,16,19H,6-10,12H2,1-5H3. The van der Waals surface area contributed by atoms with Gasteiger partial charge >= 0.3 is 0 Å². The molecule has 1 N–H and O–H groups in total. The Labute approximate surface area is 150 Å². The first-order valence-corrected chi connectivity index (χ1v) is 13.2. The minimum Gasteiger partial charge on any atom is -0.415 e. The van der Waals surface area contributed by atoms with Crippen LogP contribution in [-0.4, -0.2) is 21.5 Å². The molecule has 1 heterocycles. The van der Waals surface area contributed by atoms with Crippen LogP contribution in [0.3, 0.4) is 0 Å². The molecule has 0 aromatic carbocycles. The zero-order chi connectivity index (χ0) is 16.6. The molecule has 0 bridgehead atoms. The van der Waals surface area contributed by atoms with Crippen LogP contribution in [0, 0.1) is 5.92 Å². The highest BCUT2D eigenvalue weighted by molar-refractivity contribution is 9.10. The molecule has 1 aromatic rings. The van der Waals surface area contributed by atoms with Crippen molar-refractivity contribution in [3.8, 4) is 0 Å².